The zero-order valence-electron chi connectivity index (χ0n) is 10.6. The Bertz CT molecular complexity index is 374. The van der Waals surface area contributed by atoms with Crippen molar-refractivity contribution in [1.29, 1.82) is 0 Å². The fourth-order valence-electron chi connectivity index (χ4n) is 1.33. The Balaban J connectivity index is 2.73. The second-order valence-electron chi connectivity index (χ2n) is 4.51. The summed E-state index contributed by atoms with van der Waals surface area (Å²) >= 11 is 5.49. The number of ether oxygens (including phenoxy) is 1. The van der Waals surface area contributed by atoms with Gasteiger partial charge in [-0.25, -0.2) is 4.39 Å². The third-order valence-corrected chi connectivity index (χ3v) is 2.60. The summed E-state index contributed by atoms with van der Waals surface area (Å²) in [6, 6.07) is 4.63. The van der Waals surface area contributed by atoms with Crippen molar-refractivity contribution in [2.24, 2.45) is 5.92 Å². The van der Waals surface area contributed by atoms with Crippen LogP contribution in [0.4, 0.5) is 10.1 Å². The number of hydrogen-bond donors (Lipinski definition) is 2. The molecule has 0 radical (unpaired) electrons. The highest BCUT2D eigenvalue weighted by Crippen LogP contribution is 2.27. The molecule has 0 saturated carbocycles. The molecule has 2 N–H and O–H groups in total. The maximum Gasteiger partial charge on any atom is 0.150 e. The Morgan fingerprint density at radius 1 is 1.44 bits per heavy atom. The SMILES string of the molecule is CC(C)COc1cccc(F)c1NCC(O)CCl. The third-order valence-electron chi connectivity index (χ3n) is 2.24. The molecule has 1 rings (SSSR count). The van der Waals surface area contributed by atoms with Gasteiger partial charge in [-0.05, 0) is 18.1 Å². The molecule has 0 saturated heterocycles. The summed E-state index contributed by atoms with van der Waals surface area (Å²) in [6.07, 6.45) is -0.718. The fraction of sp³-hybridized carbons (Fsp3) is 0.538. The first-order chi connectivity index (χ1) is 8.54. The van der Waals surface area contributed by atoms with Gasteiger partial charge in [0.2, 0.25) is 0 Å². The number of nitrogens with one attached hydrogen (secondary N) is 1. The monoisotopic (exact) mass is 275 g/mol. The summed E-state index contributed by atoms with van der Waals surface area (Å²) in [7, 11) is 0. The minimum atomic E-state index is -0.718. The maximum atomic E-state index is 13.7. The van der Waals surface area contributed by atoms with Crippen LogP contribution in [0.25, 0.3) is 0 Å². The van der Waals surface area contributed by atoms with Crippen LogP contribution in [0.2, 0.25) is 0 Å². The number of aliphatic hydroxyl groups is 1. The molecule has 102 valence electrons. The molecular formula is C13H19ClFNO2. The van der Waals surface area contributed by atoms with Crippen molar-refractivity contribution in [3.63, 3.8) is 0 Å². The predicted molar refractivity (Wildman–Crippen MR) is 71.9 cm³/mol. The van der Waals surface area contributed by atoms with Crippen LogP contribution in [0.5, 0.6) is 5.75 Å². The first kappa shape index (κ1) is 15.1. The molecule has 0 heterocycles. The van der Waals surface area contributed by atoms with Gasteiger partial charge in [-0.1, -0.05) is 19.9 Å². The normalized spacial score (nSPS) is 12.6. The Kier molecular flexibility index (Phi) is 6.22. The first-order valence-electron chi connectivity index (χ1n) is 5.93. The summed E-state index contributed by atoms with van der Waals surface area (Å²) < 4.78 is 19.2. The molecule has 5 heteroatoms. The quantitative estimate of drug-likeness (QED) is 0.752. The molecule has 0 aromatic heterocycles. The highest BCUT2D eigenvalue weighted by Gasteiger charge is 2.11. The predicted octanol–water partition coefficient (Wildman–Crippen LogP) is 2.87. The van der Waals surface area contributed by atoms with Crippen molar-refractivity contribution < 1.29 is 14.2 Å². The van der Waals surface area contributed by atoms with E-state index in [2.05, 4.69) is 5.32 Å². The molecule has 0 fully saturated rings. The number of anilines is 1. The molecule has 1 atom stereocenters. The van der Waals surface area contributed by atoms with E-state index in [1.165, 1.54) is 6.07 Å². The van der Waals surface area contributed by atoms with Crippen molar-refractivity contribution >= 4 is 17.3 Å². The van der Waals surface area contributed by atoms with Crippen LogP contribution in [0.15, 0.2) is 18.2 Å². The lowest BCUT2D eigenvalue weighted by molar-refractivity contribution is 0.211. The van der Waals surface area contributed by atoms with Crippen LogP contribution in [0.3, 0.4) is 0 Å². The average Bonchev–Trinajstić information content (AvgIpc) is 2.34. The average molecular weight is 276 g/mol. The van der Waals surface area contributed by atoms with Crippen LogP contribution < -0.4 is 10.1 Å². The number of hydrogen-bond acceptors (Lipinski definition) is 3. The lowest BCUT2D eigenvalue weighted by atomic mass is 10.2. The fourth-order valence-corrected chi connectivity index (χ4v) is 1.44. The van der Waals surface area contributed by atoms with Crippen molar-refractivity contribution in [2.75, 3.05) is 24.3 Å². The van der Waals surface area contributed by atoms with Crippen molar-refractivity contribution in [3.8, 4) is 5.75 Å². The molecule has 1 aromatic carbocycles. The van der Waals surface area contributed by atoms with Crippen molar-refractivity contribution in [3.05, 3.63) is 24.0 Å². The van der Waals surface area contributed by atoms with Gasteiger partial charge in [0.05, 0.1) is 18.6 Å². The van der Waals surface area contributed by atoms with E-state index in [0.717, 1.165) is 0 Å². The molecule has 0 aliphatic carbocycles. The van der Waals surface area contributed by atoms with Crippen LogP contribution in [0.1, 0.15) is 13.8 Å². The summed E-state index contributed by atoms with van der Waals surface area (Å²) in [6.45, 7) is 4.73. The number of benzene rings is 1. The Morgan fingerprint density at radius 2 is 2.17 bits per heavy atom. The first-order valence-corrected chi connectivity index (χ1v) is 6.47. The Morgan fingerprint density at radius 3 is 2.78 bits per heavy atom. The van der Waals surface area contributed by atoms with Gasteiger partial charge in [0.15, 0.2) is 0 Å². The van der Waals surface area contributed by atoms with Crippen LogP contribution >= 0.6 is 11.6 Å². The largest absolute Gasteiger partial charge is 0.491 e. The molecule has 1 aromatic rings. The highest BCUT2D eigenvalue weighted by atomic mass is 35.5. The van der Waals surface area contributed by atoms with Crippen molar-refractivity contribution in [2.45, 2.75) is 20.0 Å². The van der Waals surface area contributed by atoms with Gasteiger partial charge in [-0.15, -0.1) is 11.6 Å². The summed E-state index contributed by atoms with van der Waals surface area (Å²) in [5.41, 5.74) is 0.266. The summed E-state index contributed by atoms with van der Waals surface area (Å²) in [4.78, 5) is 0. The topological polar surface area (TPSA) is 41.5 Å². The van der Waals surface area contributed by atoms with Gasteiger partial charge in [0.25, 0.3) is 0 Å². The van der Waals surface area contributed by atoms with Crippen molar-refractivity contribution in [1.82, 2.24) is 0 Å². The molecule has 18 heavy (non-hydrogen) atoms. The van der Waals surface area contributed by atoms with Gasteiger partial charge in [-0.3, -0.25) is 0 Å². The summed E-state index contributed by atoms with van der Waals surface area (Å²) in [5.74, 6) is 0.502. The van der Waals surface area contributed by atoms with Gasteiger partial charge < -0.3 is 15.2 Å². The molecule has 0 aliphatic rings. The van der Waals surface area contributed by atoms with E-state index in [0.29, 0.717) is 18.3 Å². The third kappa shape index (κ3) is 4.70. The number of para-hydroxylation sites is 1. The van der Waals surface area contributed by atoms with E-state index < -0.39 is 11.9 Å². The standard InChI is InChI=1S/C13H19ClFNO2/c1-9(2)8-18-12-5-3-4-11(15)13(12)16-7-10(17)6-14/h3-5,9-10,16-17H,6-8H2,1-2H3. The summed E-state index contributed by atoms with van der Waals surface area (Å²) in [5, 5.41) is 12.2. The molecule has 0 aliphatic heterocycles. The molecular weight excluding hydrogens is 257 g/mol. The second kappa shape index (κ2) is 7.44. The number of aliphatic hydroxyl groups excluding tert-OH is 1. The number of rotatable bonds is 7. The van der Waals surface area contributed by atoms with E-state index in [-0.39, 0.29) is 18.1 Å². The zero-order valence-corrected chi connectivity index (χ0v) is 11.4. The second-order valence-corrected chi connectivity index (χ2v) is 4.82. The molecule has 3 nitrogen and oxygen atoms in total. The van der Waals surface area contributed by atoms with Gasteiger partial charge in [-0.2, -0.15) is 0 Å². The van der Waals surface area contributed by atoms with Gasteiger partial charge in [0, 0.05) is 6.54 Å². The lowest BCUT2D eigenvalue weighted by Gasteiger charge is -2.16. The lowest BCUT2D eigenvalue weighted by Crippen LogP contribution is -2.21. The minimum absolute atomic E-state index is 0.101. The van der Waals surface area contributed by atoms with Gasteiger partial charge >= 0.3 is 0 Å². The van der Waals surface area contributed by atoms with Crippen LogP contribution in [0, 0.1) is 11.7 Å². The smallest absolute Gasteiger partial charge is 0.150 e. The minimum Gasteiger partial charge on any atom is -0.491 e. The molecule has 0 amide bonds. The van der Waals surface area contributed by atoms with E-state index in [1.807, 2.05) is 13.8 Å². The highest BCUT2D eigenvalue weighted by molar-refractivity contribution is 6.18. The van der Waals surface area contributed by atoms with Crippen LogP contribution in [-0.2, 0) is 0 Å². The van der Waals surface area contributed by atoms with E-state index in [9.17, 15) is 9.50 Å². The van der Waals surface area contributed by atoms with E-state index in [4.69, 9.17) is 16.3 Å². The number of alkyl halides is 1. The zero-order chi connectivity index (χ0) is 13.5. The maximum absolute atomic E-state index is 13.7. The molecule has 0 spiro atoms. The van der Waals surface area contributed by atoms with E-state index in [1.54, 1.807) is 12.1 Å². The molecule has 1 unspecified atom stereocenters. The molecule has 0 bridgehead atoms. The Labute approximate surface area is 112 Å². The van der Waals surface area contributed by atoms with E-state index >= 15 is 0 Å². The Hall–Kier alpha value is -1.00. The van der Waals surface area contributed by atoms with Crippen LogP contribution in [-0.4, -0.2) is 30.2 Å². The number of halogens is 2. The van der Waals surface area contributed by atoms with Gasteiger partial charge in [0.1, 0.15) is 17.3 Å².